The van der Waals surface area contributed by atoms with Gasteiger partial charge in [-0.2, -0.15) is 0 Å². The van der Waals surface area contributed by atoms with Crippen LogP contribution in [0.5, 0.6) is 0 Å². The normalized spacial score (nSPS) is 11.6. The number of rotatable bonds is 32. The molecule has 0 saturated carbocycles. The fourth-order valence-corrected chi connectivity index (χ4v) is 9.88. The van der Waals surface area contributed by atoms with Crippen LogP contribution in [0.15, 0.2) is 109 Å². The minimum absolute atomic E-state index is 1.16. The van der Waals surface area contributed by atoms with E-state index in [1.165, 1.54) is 221 Å². The minimum Gasteiger partial charge on any atom is -0.308 e. The highest BCUT2D eigenvalue weighted by molar-refractivity contribution is 5.93. The third-order valence-corrected chi connectivity index (χ3v) is 13.9. The highest BCUT2D eigenvalue weighted by atomic mass is 15.1. The summed E-state index contributed by atoms with van der Waals surface area (Å²) in [6, 6.07) is 43.1. The average molecular weight is 859 g/mol. The Hall–Kier alpha value is -4.30. The van der Waals surface area contributed by atoms with Crippen molar-refractivity contribution in [3.63, 3.8) is 0 Å². The van der Waals surface area contributed by atoms with Gasteiger partial charge >= 0.3 is 0 Å². The maximum absolute atomic E-state index is 2.55. The molecule has 6 rings (SSSR count). The van der Waals surface area contributed by atoms with Crippen molar-refractivity contribution in [1.82, 2.24) is 9.13 Å². The predicted molar refractivity (Wildman–Crippen MR) is 282 cm³/mol. The molecule has 0 spiro atoms. The molecule has 64 heavy (non-hydrogen) atoms. The van der Waals surface area contributed by atoms with Crippen molar-refractivity contribution in [2.75, 3.05) is 0 Å². The lowest BCUT2D eigenvalue weighted by atomic mass is 10.0. The van der Waals surface area contributed by atoms with Gasteiger partial charge in [-0.05, 0) is 121 Å². The first-order valence-electron chi connectivity index (χ1n) is 26.8. The number of aromatic nitrogens is 2. The minimum atomic E-state index is 1.16. The molecular formula is C62H86N2. The van der Waals surface area contributed by atoms with Crippen molar-refractivity contribution in [1.29, 1.82) is 0 Å². The summed E-state index contributed by atoms with van der Waals surface area (Å²) in [5.41, 5.74) is 15.9. The van der Waals surface area contributed by atoms with Gasteiger partial charge in [0.1, 0.15) is 0 Å². The highest BCUT2D eigenvalue weighted by Crippen LogP contribution is 2.39. The number of benzene rings is 4. The first-order chi connectivity index (χ1) is 31.6. The van der Waals surface area contributed by atoms with Crippen LogP contribution in [-0.2, 0) is 25.7 Å². The molecule has 2 nitrogen and oxygen atoms in total. The number of hydrogen-bond acceptors (Lipinski definition) is 0. The van der Waals surface area contributed by atoms with Gasteiger partial charge in [-0.15, -0.1) is 0 Å². The lowest BCUT2D eigenvalue weighted by Crippen LogP contribution is -1.98. The molecule has 0 aliphatic rings. The van der Waals surface area contributed by atoms with Crippen molar-refractivity contribution < 1.29 is 0 Å². The number of nitrogens with zero attached hydrogens (tertiary/aromatic N) is 2. The fourth-order valence-electron chi connectivity index (χ4n) is 9.88. The van der Waals surface area contributed by atoms with Gasteiger partial charge in [0.05, 0.1) is 22.4 Å². The molecule has 0 unspecified atom stereocenters. The average Bonchev–Trinajstić information content (AvgIpc) is 3.88. The molecule has 0 aliphatic carbocycles. The van der Waals surface area contributed by atoms with Crippen molar-refractivity contribution in [3.05, 3.63) is 131 Å². The zero-order valence-electron chi connectivity index (χ0n) is 41.1. The summed E-state index contributed by atoms with van der Waals surface area (Å²) in [5, 5.41) is 0. The van der Waals surface area contributed by atoms with Crippen LogP contribution in [0.3, 0.4) is 0 Å². The van der Waals surface area contributed by atoms with E-state index in [1.807, 2.05) is 0 Å². The molecule has 0 amide bonds. The Morgan fingerprint density at radius 3 is 0.766 bits per heavy atom. The number of hydrogen-bond donors (Lipinski definition) is 0. The van der Waals surface area contributed by atoms with E-state index in [1.54, 1.807) is 0 Å². The van der Waals surface area contributed by atoms with Gasteiger partial charge in [-0.3, -0.25) is 0 Å². The van der Waals surface area contributed by atoms with Crippen molar-refractivity contribution in [3.8, 4) is 33.9 Å². The van der Waals surface area contributed by atoms with E-state index in [2.05, 4.69) is 146 Å². The summed E-state index contributed by atoms with van der Waals surface area (Å²) in [5.74, 6) is 0. The van der Waals surface area contributed by atoms with Gasteiger partial charge in [-0.1, -0.05) is 229 Å². The molecule has 0 fully saturated rings. The Kier molecular flexibility index (Phi) is 21.4. The Morgan fingerprint density at radius 1 is 0.266 bits per heavy atom. The summed E-state index contributed by atoms with van der Waals surface area (Å²) < 4.78 is 5.10. The van der Waals surface area contributed by atoms with Crippen LogP contribution in [0, 0.1) is 0 Å². The third kappa shape index (κ3) is 14.9. The molecule has 2 heterocycles. The molecule has 2 heteroatoms. The van der Waals surface area contributed by atoms with E-state index in [0.717, 1.165) is 25.7 Å². The fraction of sp³-hybridized carbons (Fsp3) is 0.516. The molecule has 0 atom stereocenters. The predicted octanol–water partition coefficient (Wildman–Crippen LogP) is 19.4. The third-order valence-electron chi connectivity index (χ3n) is 13.9. The van der Waals surface area contributed by atoms with E-state index in [4.69, 9.17) is 0 Å². The summed E-state index contributed by atoms with van der Waals surface area (Å²) in [6.07, 6.45) is 36.7. The van der Waals surface area contributed by atoms with Crippen molar-refractivity contribution in [2.24, 2.45) is 0 Å². The van der Waals surface area contributed by atoms with Gasteiger partial charge in [-0.25, -0.2) is 0 Å². The van der Waals surface area contributed by atoms with Gasteiger partial charge in [0.15, 0.2) is 0 Å². The zero-order valence-corrected chi connectivity index (χ0v) is 41.1. The molecule has 2 aromatic heterocycles. The molecular weight excluding hydrogens is 773 g/mol. The maximum Gasteiger partial charge on any atom is 0.0724 e. The van der Waals surface area contributed by atoms with Crippen LogP contribution in [-0.4, -0.2) is 9.13 Å². The van der Waals surface area contributed by atoms with Gasteiger partial charge in [0.2, 0.25) is 0 Å². The Balaban J connectivity index is 1.34. The number of fused-ring (bicyclic) bond motifs is 1. The first-order valence-corrected chi connectivity index (χ1v) is 26.8. The van der Waals surface area contributed by atoms with E-state index in [0.29, 0.717) is 0 Å². The van der Waals surface area contributed by atoms with Gasteiger partial charge in [0.25, 0.3) is 0 Å². The van der Waals surface area contributed by atoms with Crippen LogP contribution in [0.1, 0.15) is 204 Å². The Morgan fingerprint density at radius 2 is 0.500 bits per heavy atom. The smallest absolute Gasteiger partial charge is 0.0724 e. The summed E-state index contributed by atoms with van der Waals surface area (Å²) >= 11 is 0. The summed E-state index contributed by atoms with van der Waals surface area (Å²) in [7, 11) is 0. The first kappa shape index (κ1) is 49.1. The van der Waals surface area contributed by atoms with Crippen LogP contribution < -0.4 is 0 Å². The monoisotopic (exact) mass is 859 g/mol. The quantitative estimate of drug-likeness (QED) is 0.0374. The topological polar surface area (TPSA) is 9.86 Å². The van der Waals surface area contributed by atoms with E-state index in [-0.39, 0.29) is 0 Å². The number of aryl methyl sites for hydroxylation is 4. The van der Waals surface area contributed by atoms with Crippen LogP contribution in [0.2, 0.25) is 0 Å². The van der Waals surface area contributed by atoms with Gasteiger partial charge < -0.3 is 9.13 Å². The second-order valence-electron chi connectivity index (χ2n) is 19.3. The maximum atomic E-state index is 2.55. The summed E-state index contributed by atoms with van der Waals surface area (Å²) in [6.45, 7) is 9.21. The molecule has 0 saturated heterocycles. The molecule has 0 bridgehead atoms. The lowest BCUT2D eigenvalue weighted by molar-refractivity contribution is 0.607. The summed E-state index contributed by atoms with van der Waals surface area (Å²) in [4.78, 5) is 0. The number of unbranched alkanes of at least 4 members (excludes halogenated alkanes) is 20. The second kappa shape index (κ2) is 27.9. The van der Waals surface area contributed by atoms with Crippen molar-refractivity contribution >= 4 is 11.0 Å². The SMILES string of the molecule is CCCCCCCCc1ccc(-c2cc3c(cc(-c4ccc(CCCCCCCC)cc4)n3-c3ccc(CCCCCCCC)cc3)n2-c2ccc(CCCCCCCC)cc2)cc1. The molecule has 6 aromatic rings. The Bertz CT molecular complexity index is 1990. The lowest BCUT2D eigenvalue weighted by Gasteiger charge is -2.13. The Labute approximate surface area is 391 Å². The van der Waals surface area contributed by atoms with Crippen molar-refractivity contribution in [2.45, 2.75) is 207 Å². The standard InChI is InChI=1S/C62H86N2/c1-5-9-13-17-21-25-29-51-33-41-55(42-34-51)59-49-61-62(63(59)57-45-37-53(38-46-57)31-27-23-19-15-11-7-3)50-60(56-43-35-52(36-44-56)30-26-22-18-14-10-6-2)64(61)58-47-39-54(40-48-58)32-28-24-20-16-12-8-4/h33-50H,5-32H2,1-4H3. The molecule has 0 N–H and O–H groups in total. The van der Waals surface area contributed by atoms with Crippen LogP contribution >= 0.6 is 0 Å². The van der Waals surface area contributed by atoms with Crippen LogP contribution in [0.4, 0.5) is 0 Å². The molecule has 0 aliphatic heterocycles. The van der Waals surface area contributed by atoms with E-state index >= 15 is 0 Å². The largest absolute Gasteiger partial charge is 0.308 e. The zero-order chi connectivity index (χ0) is 44.6. The molecule has 0 radical (unpaired) electrons. The van der Waals surface area contributed by atoms with Crippen LogP contribution in [0.25, 0.3) is 44.9 Å². The molecule has 344 valence electrons. The molecule has 4 aromatic carbocycles. The van der Waals surface area contributed by atoms with E-state index in [9.17, 15) is 0 Å². The van der Waals surface area contributed by atoms with E-state index < -0.39 is 0 Å². The second-order valence-corrected chi connectivity index (χ2v) is 19.3. The highest BCUT2D eigenvalue weighted by Gasteiger charge is 2.21. The van der Waals surface area contributed by atoms with Gasteiger partial charge in [0, 0.05) is 11.4 Å².